The maximum Gasteiger partial charge on any atom is 0.265 e. The molecule has 0 radical (unpaired) electrons. The van der Waals surface area contributed by atoms with Gasteiger partial charge in [-0.25, -0.2) is 0 Å². The molecule has 2 aromatic carbocycles. The lowest BCUT2D eigenvalue weighted by Gasteiger charge is -2.17. The Morgan fingerprint density at radius 3 is 2.18 bits per heavy atom. The van der Waals surface area contributed by atoms with Crippen LogP contribution in [0.2, 0.25) is 0 Å². The van der Waals surface area contributed by atoms with Crippen molar-refractivity contribution in [3.63, 3.8) is 0 Å². The molecule has 0 saturated heterocycles. The molecule has 0 aromatic heterocycles. The number of benzene rings is 2. The lowest BCUT2D eigenvalue weighted by molar-refractivity contribution is -0.122. The number of ether oxygens (including phenoxy) is 1. The van der Waals surface area contributed by atoms with Gasteiger partial charge in [-0.15, -0.1) is 0 Å². The van der Waals surface area contributed by atoms with Gasteiger partial charge in [0.05, 0.1) is 0 Å². The molecule has 2 aromatic rings. The molecule has 0 spiro atoms. The molecule has 0 heterocycles. The predicted octanol–water partition coefficient (Wildman–Crippen LogP) is 4.33. The number of hydrogen-bond donors (Lipinski definition) is 1. The molecule has 1 amide bonds. The van der Waals surface area contributed by atoms with Gasteiger partial charge >= 0.3 is 0 Å². The van der Waals surface area contributed by atoms with Crippen LogP contribution in [0.3, 0.4) is 0 Å². The van der Waals surface area contributed by atoms with Crippen LogP contribution >= 0.6 is 0 Å². The summed E-state index contributed by atoms with van der Waals surface area (Å²) >= 11 is 0. The predicted molar refractivity (Wildman–Crippen MR) is 90.6 cm³/mol. The third kappa shape index (κ3) is 4.10. The maximum atomic E-state index is 12.3. The zero-order chi connectivity index (χ0) is 16.3. The number of carbonyl (C=O) groups excluding carboxylic acids is 1. The molecular formula is C19H23NO2. The topological polar surface area (TPSA) is 38.3 Å². The molecule has 2 rings (SSSR count). The zero-order valence-electron chi connectivity index (χ0n) is 13.9. The molecule has 3 nitrogen and oxygen atoms in total. The molecule has 0 fully saturated rings. The Hall–Kier alpha value is -2.29. The molecule has 1 N–H and O–H groups in total. The molecule has 0 unspecified atom stereocenters. The minimum Gasteiger partial charge on any atom is -0.481 e. The first-order valence-electron chi connectivity index (χ1n) is 7.48. The number of anilines is 1. The number of nitrogens with one attached hydrogen (secondary N) is 1. The van der Waals surface area contributed by atoms with Crippen molar-refractivity contribution in [2.45, 2.75) is 40.7 Å². The third-order valence-corrected chi connectivity index (χ3v) is 3.49. The molecule has 0 saturated carbocycles. The van der Waals surface area contributed by atoms with Crippen LogP contribution < -0.4 is 10.1 Å². The first-order chi connectivity index (χ1) is 10.3. The number of rotatable bonds is 4. The van der Waals surface area contributed by atoms with Gasteiger partial charge in [-0.1, -0.05) is 23.8 Å². The Balaban J connectivity index is 2.05. The van der Waals surface area contributed by atoms with E-state index in [4.69, 9.17) is 4.74 Å². The number of carbonyl (C=O) groups is 1. The molecule has 1 atom stereocenters. The molecule has 3 heteroatoms. The van der Waals surface area contributed by atoms with E-state index in [-0.39, 0.29) is 5.91 Å². The van der Waals surface area contributed by atoms with Crippen LogP contribution in [0.25, 0.3) is 0 Å². The molecule has 0 aliphatic rings. The van der Waals surface area contributed by atoms with Crippen LogP contribution in [0, 0.1) is 27.7 Å². The van der Waals surface area contributed by atoms with Gasteiger partial charge in [0, 0.05) is 5.69 Å². The van der Waals surface area contributed by atoms with Crippen LogP contribution in [0.4, 0.5) is 5.69 Å². The van der Waals surface area contributed by atoms with E-state index in [0.717, 1.165) is 28.1 Å². The van der Waals surface area contributed by atoms with Gasteiger partial charge in [0.1, 0.15) is 5.75 Å². The average Bonchev–Trinajstić information content (AvgIpc) is 2.40. The second-order valence-electron chi connectivity index (χ2n) is 5.89. The van der Waals surface area contributed by atoms with E-state index in [0.29, 0.717) is 0 Å². The normalized spacial score (nSPS) is 11.9. The van der Waals surface area contributed by atoms with Crippen molar-refractivity contribution in [1.82, 2.24) is 0 Å². The van der Waals surface area contributed by atoms with Crippen molar-refractivity contribution in [2.75, 3.05) is 5.32 Å². The SMILES string of the molecule is Cc1cc(C)cc(NC(=O)[C@@H](C)Oc2ccc(C)cc2C)c1. The summed E-state index contributed by atoms with van der Waals surface area (Å²) in [7, 11) is 0. The lowest BCUT2D eigenvalue weighted by Crippen LogP contribution is -2.30. The van der Waals surface area contributed by atoms with Gasteiger partial charge < -0.3 is 10.1 Å². The van der Waals surface area contributed by atoms with E-state index in [1.807, 2.05) is 58.0 Å². The van der Waals surface area contributed by atoms with E-state index < -0.39 is 6.10 Å². The summed E-state index contributed by atoms with van der Waals surface area (Å²) in [5, 5.41) is 2.91. The summed E-state index contributed by atoms with van der Waals surface area (Å²) in [5.41, 5.74) is 5.26. The summed E-state index contributed by atoms with van der Waals surface area (Å²) in [4.78, 5) is 12.3. The lowest BCUT2D eigenvalue weighted by atomic mass is 10.1. The van der Waals surface area contributed by atoms with E-state index in [2.05, 4.69) is 11.4 Å². The van der Waals surface area contributed by atoms with Crippen LogP contribution in [0.5, 0.6) is 5.75 Å². The van der Waals surface area contributed by atoms with Gasteiger partial charge in [-0.3, -0.25) is 4.79 Å². The van der Waals surface area contributed by atoms with Crippen LogP contribution in [0.1, 0.15) is 29.2 Å². The molecule has 116 valence electrons. The van der Waals surface area contributed by atoms with Gasteiger partial charge in [-0.2, -0.15) is 0 Å². The second kappa shape index (κ2) is 6.65. The van der Waals surface area contributed by atoms with Crippen molar-refractivity contribution in [1.29, 1.82) is 0 Å². The van der Waals surface area contributed by atoms with Gasteiger partial charge in [0.25, 0.3) is 5.91 Å². The highest BCUT2D eigenvalue weighted by Gasteiger charge is 2.16. The number of aryl methyl sites for hydroxylation is 4. The number of amides is 1. The van der Waals surface area contributed by atoms with Crippen LogP contribution in [-0.2, 0) is 4.79 Å². The fourth-order valence-corrected chi connectivity index (χ4v) is 2.47. The average molecular weight is 297 g/mol. The fourth-order valence-electron chi connectivity index (χ4n) is 2.47. The smallest absolute Gasteiger partial charge is 0.265 e. The van der Waals surface area contributed by atoms with Crippen molar-refractivity contribution in [2.24, 2.45) is 0 Å². The first-order valence-corrected chi connectivity index (χ1v) is 7.48. The maximum absolute atomic E-state index is 12.3. The molecular weight excluding hydrogens is 274 g/mol. The monoisotopic (exact) mass is 297 g/mol. The Labute approximate surface area is 132 Å². The highest BCUT2D eigenvalue weighted by Crippen LogP contribution is 2.21. The van der Waals surface area contributed by atoms with Gasteiger partial charge in [0.15, 0.2) is 6.10 Å². The summed E-state index contributed by atoms with van der Waals surface area (Å²) < 4.78 is 5.78. The Morgan fingerprint density at radius 2 is 1.59 bits per heavy atom. The molecule has 0 aliphatic carbocycles. The van der Waals surface area contributed by atoms with E-state index >= 15 is 0 Å². The fraction of sp³-hybridized carbons (Fsp3) is 0.316. The van der Waals surface area contributed by atoms with Crippen LogP contribution in [0.15, 0.2) is 36.4 Å². The highest BCUT2D eigenvalue weighted by molar-refractivity contribution is 5.94. The Kier molecular flexibility index (Phi) is 4.86. The van der Waals surface area contributed by atoms with Crippen LogP contribution in [-0.4, -0.2) is 12.0 Å². The molecule has 0 aliphatic heterocycles. The van der Waals surface area contributed by atoms with Gasteiger partial charge in [-0.05, 0) is 69.5 Å². The summed E-state index contributed by atoms with van der Waals surface area (Å²) in [6.07, 6.45) is -0.553. The van der Waals surface area contributed by atoms with Crippen molar-refractivity contribution in [3.05, 3.63) is 58.7 Å². The standard InChI is InChI=1S/C19H23NO2/c1-12-6-7-18(15(4)9-12)22-16(5)19(21)20-17-10-13(2)8-14(3)11-17/h6-11,16H,1-5H3,(H,20,21)/t16-/m1/s1. The third-order valence-electron chi connectivity index (χ3n) is 3.49. The van der Waals surface area contributed by atoms with E-state index in [1.165, 1.54) is 5.56 Å². The minimum absolute atomic E-state index is 0.148. The van der Waals surface area contributed by atoms with Crippen molar-refractivity contribution >= 4 is 11.6 Å². The largest absolute Gasteiger partial charge is 0.481 e. The van der Waals surface area contributed by atoms with Gasteiger partial charge in [0.2, 0.25) is 0 Å². The number of hydrogen-bond acceptors (Lipinski definition) is 2. The quantitative estimate of drug-likeness (QED) is 0.912. The van der Waals surface area contributed by atoms with Crippen molar-refractivity contribution in [3.8, 4) is 5.75 Å². The minimum atomic E-state index is -0.553. The zero-order valence-corrected chi connectivity index (χ0v) is 13.9. The highest BCUT2D eigenvalue weighted by atomic mass is 16.5. The summed E-state index contributed by atoms with van der Waals surface area (Å²) in [6, 6.07) is 11.9. The molecule has 22 heavy (non-hydrogen) atoms. The van der Waals surface area contributed by atoms with E-state index in [1.54, 1.807) is 6.92 Å². The summed E-state index contributed by atoms with van der Waals surface area (Å²) in [5.74, 6) is 0.596. The second-order valence-corrected chi connectivity index (χ2v) is 5.89. The van der Waals surface area contributed by atoms with Crippen molar-refractivity contribution < 1.29 is 9.53 Å². The Bertz CT molecular complexity index is 672. The van der Waals surface area contributed by atoms with E-state index in [9.17, 15) is 4.79 Å². The first kappa shape index (κ1) is 16.1. The Morgan fingerprint density at radius 1 is 0.955 bits per heavy atom. The molecule has 0 bridgehead atoms. The summed E-state index contributed by atoms with van der Waals surface area (Å²) in [6.45, 7) is 9.80.